The molecule has 1 amide bonds. The average Bonchev–Trinajstić information content (AvgIpc) is 2.66. The lowest BCUT2D eigenvalue weighted by atomic mass is 10.1. The van der Waals surface area contributed by atoms with Gasteiger partial charge in [0.05, 0.1) is 25.8 Å². The van der Waals surface area contributed by atoms with Crippen LogP contribution in [0.2, 0.25) is 5.02 Å². The molecule has 6 nitrogen and oxygen atoms in total. The lowest BCUT2D eigenvalue weighted by molar-refractivity contribution is -0.112. The second kappa shape index (κ2) is 9.51. The van der Waals surface area contributed by atoms with Crippen molar-refractivity contribution < 1.29 is 19.0 Å². The summed E-state index contributed by atoms with van der Waals surface area (Å²) in [5.74, 6) is 0.883. The summed E-state index contributed by atoms with van der Waals surface area (Å²) in [6.45, 7) is 2.25. The Hall–Kier alpha value is -3.17. The Kier molecular flexibility index (Phi) is 7.09. The number of halogens is 1. The Bertz CT molecular complexity index is 903. The molecule has 0 atom stereocenters. The summed E-state index contributed by atoms with van der Waals surface area (Å²) < 4.78 is 15.9. The highest BCUT2D eigenvalue weighted by molar-refractivity contribution is 6.32. The highest BCUT2D eigenvalue weighted by Gasteiger charge is 2.14. The molecular weight excluding hydrogens is 368 g/mol. The maximum Gasteiger partial charge on any atom is 0.266 e. The van der Waals surface area contributed by atoms with Crippen molar-refractivity contribution in [2.75, 3.05) is 26.1 Å². The maximum atomic E-state index is 12.4. The number of hydrogen-bond donors (Lipinski definition) is 1. The number of nitriles is 1. The zero-order valence-electron chi connectivity index (χ0n) is 15.2. The quantitative estimate of drug-likeness (QED) is 0.566. The molecule has 0 heterocycles. The van der Waals surface area contributed by atoms with E-state index in [1.165, 1.54) is 20.3 Å². The summed E-state index contributed by atoms with van der Waals surface area (Å²) in [5, 5.41) is 12.4. The largest absolute Gasteiger partial charge is 0.497 e. The van der Waals surface area contributed by atoms with Crippen LogP contribution < -0.4 is 19.5 Å². The zero-order valence-corrected chi connectivity index (χ0v) is 16.0. The first kappa shape index (κ1) is 20.1. The summed E-state index contributed by atoms with van der Waals surface area (Å²) in [4.78, 5) is 12.4. The number of benzene rings is 2. The third-order valence-electron chi connectivity index (χ3n) is 3.54. The van der Waals surface area contributed by atoms with Crippen LogP contribution >= 0.6 is 11.6 Å². The fourth-order valence-electron chi connectivity index (χ4n) is 2.35. The molecule has 0 aromatic heterocycles. The zero-order chi connectivity index (χ0) is 19.8. The molecule has 0 bridgehead atoms. The van der Waals surface area contributed by atoms with Gasteiger partial charge in [-0.1, -0.05) is 17.7 Å². The Morgan fingerprint density at radius 1 is 1.26 bits per heavy atom. The number of methoxy groups -OCH3 is 2. The van der Waals surface area contributed by atoms with Crippen molar-refractivity contribution in [1.29, 1.82) is 5.26 Å². The minimum atomic E-state index is -0.546. The Labute approximate surface area is 162 Å². The summed E-state index contributed by atoms with van der Waals surface area (Å²) in [6.07, 6.45) is 1.43. The van der Waals surface area contributed by atoms with Gasteiger partial charge in [-0.05, 0) is 42.8 Å². The molecule has 0 saturated heterocycles. The number of nitrogens with one attached hydrogen (secondary N) is 1. The van der Waals surface area contributed by atoms with E-state index in [2.05, 4.69) is 5.32 Å². The van der Waals surface area contributed by atoms with E-state index in [1.807, 2.05) is 13.0 Å². The van der Waals surface area contributed by atoms with Crippen molar-refractivity contribution in [3.05, 3.63) is 52.6 Å². The van der Waals surface area contributed by atoms with Crippen LogP contribution in [0, 0.1) is 11.3 Å². The minimum Gasteiger partial charge on any atom is -0.497 e. The van der Waals surface area contributed by atoms with Crippen molar-refractivity contribution in [1.82, 2.24) is 0 Å². The molecule has 0 unspecified atom stereocenters. The van der Waals surface area contributed by atoms with E-state index < -0.39 is 5.91 Å². The number of anilines is 1. The van der Waals surface area contributed by atoms with Crippen LogP contribution in [0.15, 0.2) is 42.0 Å². The number of ether oxygens (including phenoxy) is 3. The van der Waals surface area contributed by atoms with Gasteiger partial charge >= 0.3 is 0 Å². The van der Waals surface area contributed by atoms with Crippen LogP contribution in [-0.2, 0) is 4.79 Å². The number of hydrogen-bond acceptors (Lipinski definition) is 5. The topological polar surface area (TPSA) is 80.6 Å². The first-order valence-electron chi connectivity index (χ1n) is 8.09. The molecule has 140 valence electrons. The van der Waals surface area contributed by atoms with Gasteiger partial charge in [0.15, 0.2) is 11.5 Å². The van der Waals surface area contributed by atoms with E-state index in [4.69, 9.17) is 25.8 Å². The van der Waals surface area contributed by atoms with Crippen LogP contribution in [0.5, 0.6) is 17.2 Å². The third kappa shape index (κ3) is 5.16. The Balaban J connectivity index is 2.31. The summed E-state index contributed by atoms with van der Waals surface area (Å²) in [6, 6.07) is 12.0. The number of carbonyl (C=O) groups excluding carboxylic acids is 1. The standard InChI is InChI=1S/C20H19ClN2O4/c1-4-27-18-10-13(9-17(21)19(18)26-3)8-14(12-22)20(24)23-15-6-5-7-16(11-15)25-2/h5-11H,4H2,1-3H3,(H,23,24)/b14-8+. The van der Waals surface area contributed by atoms with E-state index in [1.54, 1.807) is 36.4 Å². The molecule has 2 aromatic carbocycles. The maximum absolute atomic E-state index is 12.4. The van der Waals surface area contributed by atoms with Gasteiger partial charge in [-0.3, -0.25) is 4.79 Å². The highest BCUT2D eigenvalue weighted by atomic mass is 35.5. The molecule has 7 heteroatoms. The molecular formula is C20H19ClN2O4. The molecule has 0 spiro atoms. The monoisotopic (exact) mass is 386 g/mol. The van der Waals surface area contributed by atoms with Crippen molar-refractivity contribution in [3.8, 4) is 23.3 Å². The smallest absolute Gasteiger partial charge is 0.266 e. The van der Waals surface area contributed by atoms with E-state index in [0.29, 0.717) is 40.1 Å². The first-order valence-corrected chi connectivity index (χ1v) is 8.47. The summed E-state index contributed by atoms with van der Waals surface area (Å²) in [7, 11) is 3.02. The number of rotatable bonds is 7. The Morgan fingerprint density at radius 3 is 2.67 bits per heavy atom. The predicted octanol–water partition coefficient (Wildman–Crippen LogP) is 4.30. The van der Waals surface area contributed by atoms with Crippen LogP contribution in [0.25, 0.3) is 6.08 Å². The van der Waals surface area contributed by atoms with Crippen LogP contribution in [0.3, 0.4) is 0 Å². The molecule has 0 fully saturated rings. The lowest BCUT2D eigenvalue weighted by Crippen LogP contribution is -2.13. The molecule has 1 N–H and O–H groups in total. The molecule has 2 rings (SSSR count). The van der Waals surface area contributed by atoms with Gasteiger partial charge in [0.1, 0.15) is 17.4 Å². The van der Waals surface area contributed by atoms with Crippen molar-refractivity contribution in [3.63, 3.8) is 0 Å². The van der Waals surface area contributed by atoms with Gasteiger partial charge in [-0.25, -0.2) is 0 Å². The summed E-state index contributed by atoms with van der Waals surface area (Å²) in [5.41, 5.74) is 0.978. The number of nitrogens with zero attached hydrogens (tertiary/aromatic N) is 1. The summed E-state index contributed by atoms with van der Waals surface area (Å²) >= 11 is 6.21. The van der Waals surface area contributed by atoms with Crippen molar-refractivity contribution in [2.45, 2.75) is 6.92 Å². The normalized spacial score (nSPS) is 10.7. The van der Waals surface area contributed by atoms with E-state index in [0.717, 1.165) is 0 Å². The molecule has 0 aliphatic rings. The van der Waals surface area contributed by atoms with Crippen LogP contribution in [0.4, 0.5) is 5.69 Å². The van der Waals surface area contributed by atoms with E-state index in [9.17, 15) is 10.1 Å². The SMILES string of the molecule is CCOc1cc(/C=C(\C#N)C(=O)Nc2cccc(OC)c2)cc(Cl)c1OC. The average molecular weight is 387 g/mol. The molecule has 2 aromatic rings. The minimum absolute atomic E-state index is 0.0819. The number of amides is 1. The van der Waals surface area contributed by atoms with Gasteiger partial charge in [0, 0.05) is 11.8 Å². The molecule has 0 radical (unpaired) electrons. The number of carbonyl (C=O) groups is 1. The predicted molar refractivity (Wildman–Crippen MR) is 104 cm³/mol. The van der Waals surface area contributed by atoms with Gasteiger partial charge < -0.3 is 19.5 Å². The molecule has 0 aliphatic carbocycles. The lowest BCUT2D eigenvalue weighted by Gasteiger charge is -2.12. The van der Waals surface area contributed by atoms with Gasteiger partial charge in [0.2, 0.25) is 0 Å². The van der Waals surface area contributed by atoms with Crippen molar-refractivity contribution >= 4 is 29.3 Å². The molecule has 27 heavy (non-hydrogen) atoms. The van der Waals surface area contributed by atoms with E-state index in [-0.39, 0.29) is 5.57 Å². The second-order valence-electron chi connectivity index (χ2n) is 5.32. The molecule has 0 aliphatic heterocycles. The van der Waals surface area contributed by atoms with Gasteiger partial charge in [-0.15, -0.1) is 0 Å². The Morgan fingerprint density at radius 2 is 2.04 bits per heavy atom. The van der Waals surface area contributed by atoms with Crippen molar-refractivity contribution in [2.24, 2.45) is 0 Å². The fourth-order valence-corrected chi connectivity index (χ4v) is 2.64. The van der Waals surface area contributed by atoms with Crippen LogP contribution in [-0.4, -0.2) is 26.7 Å². The first-order chi connectivity index (χ1) is 13.0. The van der Waals surface area contributed by atoms with Gasteiger partial charge in [-0.2, -0.15) is 5.26 Å². The third-order valence-corrected chi connectivity index (χ3v) is 3.82. The highest BCUT2D eigenvalue weighted by Crippen LogP contribution is 2.37. The van der Waals surface area contributed by atoms with Gasteiger partial charge in [0.25, 0.3) is 5.91 Å². The van der Waals surface area contributed by atoms with Crippen LogP contribution in [0.1, 0.15) is 12.5 Å². The van der Waals surface area contributed by atoms with E-state index >= 15 is 0 Å². The fraction of sp³-hybridized carbons (Fsp3) is 0.200. The molecule has 0 saturated carbocycles. The second-order valence-corrected chi connectivity index (χ2v) is 5.73.